The van der Waals surface area contributed by atoms with Gasteiger partial charge in [-0.15, -0.1) is 0 Å². The van der Waals surface area contributed by atoms with Crippen molar-refractivity contribution >= 4 is 34.8 Å². The Bertz CT molecular complexity index is 1010. The standard InChI is InChI=1S/C18H15Cl2N3O2/c1-11-16(21-17(24)13-9-6-10-14(19)15(13)20)18(25)23(22(11)2)12-7-4-3-5-8-12/h3-10H,1-2H3,(H,21,24). The van der Waals surface area contributed by atoms with Gasteiger partial charge in [-0.3, -0.25) is 14.3 Å². The van der Waals surface area contributed by atoms with Crippen LogP contribution in [0.15, 0.2) is 53.3 Å². The van der Waals surface area contributed by atoms with Crippen LogP contribution in [0, 0.1) is 6.92 Å². The van der Waals surface area contributed by atoms with Gasteiger partial charge in [-0.25, -0.2) is 4.68 Å². The molecule has 1 amide bonds. The largest absolute Gasteiger partial charge is 0.316 e. The highest BCUT2D eigenvalue weighted by Crippen LogP contribution is 2.26. The summed E-state index contributed by atoms with van der Waals surface area (Å²) in [6.07, 6.45) is 0. The monoisotopic (exact) mass is 375 g/mol. The SMILES string of the molecule is Cc1c(NC(=O)c2cccc(Cl)c2Cl)c(=O)n(-c2ccccc2)n1C. The number of anilines is 1. The summed E-state index contributed by atoms with van der Waals surface area (Å²) in [5, 5.41) is 3.09. The highest BCUT2D eigenvalue weighted by Gasteiger charge is 2.20. The molecule has 1 N–H and O–H groups in total. The molecule has 0 spiro atoms. The number of benzene rings is 2. The number of rotatable bonds is 3. The van der Waals surface area contributed by atoms with E-state index in [2.05, 4.69) is 5.32 Å². The van der Waals surface area contributed by atoms with Gasteiger partial charge in [0.2, 0.25) is 0 Å². The quantitative estimate of drug-likeness (QED) is 0.750. The van der Waals surface area contributed by atoms with E-state index in [-0.39, 0.29) is 26.9 Å². The van der Waals surface area contributed by atoms with Crippen molar-refractivity contribution in [3.8, 4) is 5.69 Å². The third-order valence-electron chi connectivity index (χ3n) is 3.99. The molecule has 2 aromatic carbocycles. The Balaban J connectivity index is 2.03. The number of hydrogen-bond acceptors (Lipinski definition) is 2. The van der Waals surface area contributed by atoms with Crippen molar-refractivity contribution in [2.24, 2.45) is 7.05 Å². The summed E-state index contributed by atoms with van der Waals surface area (Å²) < 4.78 is 3.18. The molecule has 3 aromatic rings. The first-order chi connectivity index (χ1) is 11.9. The van der Waals surface area contributed by atoms with E-state index >= 15 is 0 Å². The number of carbonyl (C=O) groups excluding carboxylic acids is 1. The minimum Gasteiger partial charge on any atom is -0.316 e. The predicted octanol–water partition coefficient (Wildman–Crippen LogP) is 4.04. The molecule has 0 fully saturated rings. The summed E-state index contributed by atoms with van der Waals surface area (Å²) in [5.41, 5.74) is 1.42. The molecule has 1 aromatic heterocycles. The van der Waals surface area contributed by atoms with Crippen LogP contribution in [0.25, 0.3) is 5.69 Å². The van der Waals surface area contributed by atoms with Crippen molar-refractivity contribution < 1.29 is 4.79 Å². The Kier molecular flexibility index (Phi) is 4.70. The van der Waals surface area contributed by atoms with E-state index in [0.29, 0.717) is 11.4 Å². The third kappa shape index (κ3) is 3.08. The molecule has 0 aliphatic carbocycles. The summed E-state index contributed by atoms with van der Waals surface area (Å²) in [4.78, 5) is 25.3. The second-order valence-corrected chi connectivity index (χ2v) is 6.28. The Hall–Kier alpha value is -2.50. The molecule has 0 unspecified atom stereocenters. The molecular weight excluding hydrogens is 361 g/mol. The summed E-state index contributed by atoms with van der Waals surface area (Å²) in [7, 11) is 1.76. The molecule has 1 heterocycles. The van der Waals surface area contributed by atoms with Gasteiger partial charge in [-0.2, -0.15) is 0 Å². The van der Waals surface area contributed by atoms with Gasteiger partial charge >= 0.3 is 0 Å². The van der Waals surface area contributed by atoms with Gasteiger partial charge in [0.05, 0.1) is 27.0 Å². The number of hydrogen-bond donors (Lipinski definition) is 1. The van der Waals surface area contributed by atoms with Crippen molar-refractivity contribution in [2.75, 3.05) is 5.32 Å². The van der Waals surface area contributed by atoms with Gasteiger partial charge in [0.25, 0.3) is 11.5 Å². The second-order valence-electron chi connectivity index (χ2n) is 5.49. The van der Waals surface area contributed by atoms with Crippen molar-refractivity contribution in [1.29, 1.82) is 0 Å². The zero-order valence-electron chi connectivity index (χ0n) is 13.6. The Morgan fingerprint density at radius 2 is 1.72 bits per heavy atom. The van der Waals surface area contributed by atoms with Crippen LogP contribution in [0.1, 0.15) is 16.1 Å². The van der Waals surface area contributed by atoms with Crippen LogP contribution in [0.4, 0.5) is 5.69 Å². The van der Waals surface area contributed by atoms with Crippen molar-refractivity contribution in [2.45, 2.75) is 6.92 Å². The topological polar surface area (TPSA) is 56.0 Å². The predicted molar refractivity (Wildman–Crippen MR) is 100 cm³/mol. The van der Waals surface area contributed by atoms with E-state index in [9.17, 15) is 9.59 Å². The Morgan fingerprint density at radius 3 is 2.40 bits per heavy atom. The number of amides is 1. The maximum atomic E-state index is 12.8. The summed E-state index contributed by atoms with van der Waals surface area (Å²) in [5.74, 6) is -0.487. The number of halogens is 2. The van der Waals surface area contributed by atoms with Crippen LogP contribution in [0.5, 0.6) is 0 Å². The fourth-order valence-electron chi connectivity index (χ4n) is 2.57. The normalized spacial score (nSPS) is 10.7. The molecular formula is C18H15Cl2N3O2. The van der Waals surface area contributed by atoms with Gasteiger partial charge in [0, 0.05) is 7.05 Å². The molecule has 0 aliphatic rings. The fourth-order valence-corrected chi connectivity index (χ4v) is 2.96. The van der Waals surface area contributed by atoms with E-state index in [0.717, 1.165) is 0 Å². The van der Waals surface area contributed by atoms with Crippen LogP contribution in [-0.4, -0.2) is 15.3 Å². The van der Waals surface area contributed by atoms with Gasteiger partial charge in [-0.05, 0) is 31.2 Å². The van der Waals surface area contributed by atoms with Crippen LogP contribution >= 0.6 is 23.2 Å². The maximum Gasteiger partial charge on any atom is 0.295 e. The molecule has 5 nitrogen and oxygen atoms in total. The molecule has 0 radical (unpaired) electrons. The van der Waals surface area contributed by atoms with Crippen LogP contribution in [0.3, 0.4) is 0 Å². The molecule has 128 valence electrons. The molecule has 0 bridgehead atoms. The lowest BCUT2D eigenvalue weighted by Gasteiger charge is -2.07. The number of carbonyl (C=O) groups is 1. The highest BCUT2D eigenvalue weighted by atomic mass is 35.5. The van der Waals surface area contributed by atoms with Crippen LogP contribution < -0.4 is 10.9 Å². The Morgan fingerprint density at radius 1 is 1.04 bits per heavy atom. The maximum absolute atomic E-state index is 12.8. The van der Waals surface area contributed by atoms with Gasteiger partial charge < -0.3 is 5.32 Å². The average Bonchev–Trinajstić information content (AvgIpc) is 2.81. The first kappa shape index (κ1) is 17.3. The second kappa shape index (κ2) is 6.78. The lowest BCUT2D eigenvalue weighted by molar-refractivity contribution is 0.102. The molecule has 0 atom stereocenters. The Labute approximate surface area is 154 Å². The van der Waals surface area contributed by atoms with Crippen molar-refractivity contribution in [1.82, 2.24) is 9.36 Å². The molecule has 3 rings (SSSR count). The lowest BCUT2D eigenvalue weighted by Crippen LogP contribution is -2.23. The average molecular weight is 376 g/mol. The zero-order chi connectivity index (χ0) is 18.1. The first-order valence-corrected chi connectivity index (χ1v) is 8.26. The van der Waals surface area contributed by atoms with Gasteiger partial charge in [-0.1, -0.05) is 47.5 Å². The summed E-state index contributed by atoms with van der Waals surface area (Å²) in [6, 6.07) is 14.0. The number of nitrogens with zero attached hydrogens (tertiary/aromatic N) is 2. The number of para-hydroxylation sites is 1. The molecule has 7 heteroatoms. The number of nitrogens with one attached hydrogen (secondary N) is 1. The lowest BCUT2D eigenvalue weighted by atomic mass is 10.2. The minimum atomic E-state index is -0.487. The van der Waals surface area contributed by atoms with E-state index < -0.39 is 5.91 Å². The van der Waals surface area contributed by atoms with E-state index in [4.69, 9.17) is 23.2 Å². The molecule has 0 aliphatic heterocycles. The fraction of sp³-hybridized carbons (Fsp3) is 0.111. The zero-order valence-corrected chi connectivity index (χ0v) is 15.1. The van der Waals surface area contributed by atoms with Crippen LogP contribution in [0.2, 0.25) is 10.0 Å². The van der Waals surface area contributed by atoms with Gasteiger partial charge in [0.1, 0.15) is 5.69 Å². The first-order valence-electron chi connectivity index (χ1n) is 7.51. The van der Waals surface area contributed by atoms with E-state index in [1.807, 2.05) is 30.3 Å². The van der Waals surface area contributed by atoms with E-state index in [1.54, 1.807) is 36.9 Å². The van der Waals surface area contributed by atoms with Crippen molar-refractivity contribution in [3.63, 3.8) is 0 Å². The van der Waals surface area contributed by atoms with Crippen molar-refractivity contribution in [3.05, 3.63) is 80.2 Å². The highest BCUT2D eigenvalue weighted by molar-refractivity contribution is 6.44. The minimum absolute atomic E-state index is 0.152. The van der Waals surface area contributed by atoms with E-state index in [1.165, 1.54) is 4.68 Å². The third-order valence-corrected chi connectivity index (χ3v) is 4.81. The van der Waals surface area contributed by atoms with Crippen LogP contribution in [-0.2, 0) is 7.05 Å². The van der Waals surface area contributed by atoms with Gasteiger partial charge in [0.15, 0.2) is 0 Å². The molecule has 0 saturated carbocycles. The summed E-state index contributed by atoms with van der Waals surface area (Å²) in [6.45, 7) is 1.76. The molecule has 0 saturated heterocycles. The smallest absolute Gasteiger partial charge is 0.295 e. The number of aromatic nitrogens is 2. The molecule has 25 heavy (non-hydrogen) atoms. The summed E-state index contributed by atoms with van der Waals surface area (Å²) >= 11 is 12.0.